The summed E-state index contributed by atoms with van der Waals surface area (Å²) in [6.45, 7) is 4.77. The molecule has 3 heteroatoms. The maximum Gasteiger partial charge on any atom is 0.215 e. The summed E-state index contributed by atoms with van der Waals surface area (Å²) in [5, 5.41) is 0.171. The maximum absolute atomic E-state index is 11.4. The number of carbonyl (C=O) groups is 1. The van der Waals surface area contributed by atoms with E-state index in [2.05, 4.69) is 19.1 Å². The van der Waals surface area contributed by atoms with Crippen LogP contribution in [0.4, 0.5) is 0 Å². The molecule has 0 aliphatic rings. The van der Waals surface area contributed by atoms with E-state index in [9.17, 15) is 4.79 Å². The lowest BCUT2D eigenvalue weighted by atomic mass is 10.1. The Labute approximate surface area is 149 Å². The molecule has 0 heterocycles. The van der Waals surface area contributed by atoms with Crippen molar-refractivity contribution in [2.45, 2.75) is 104 Å². The van der Waals surface area contributed by atoms with Gasteiger partial charge in [-0.05, 0) is 39.0 Å². The van der Waals surface area contributed by atoms with Crippen molar-refractivity contribution in [3.8, 4) is 0 Å². The van der Waals surface area contributed by atoms with E-state index in [1.54, 1.807) is 0 Å². The van der Waals surface area contributed by atoms with Gasteiger partial charge in [0.1, 0.15) is 0 Å². The molecule has 0 saturated heterocycles. The summed E-state index contributed by atoms with van der Waals surface area (Å²) in [5.74, 6) is 0. The minimum Gasteiger partial charge on any atom is -0.308 e. The Morgan fingerprint density at radius 1 is 0.783 bits per heavy atom. The van der Waals surface area contributed by atoms with Crippen LogP contribution in [0.5, 0.6) is 0 Å². The minimum atomic E-state index is 0.171. The highest BCUT2D eigenvalue weighted by molar-refractivity contribution is 8.09. The molecule has 0 aromatic rings. The Bertz CT molecular complexity index is 277. The van der Waals surface area contributed by atoms with Crippen molar-refractivity contribution in [1.82, 2.24) is 0 Å². The van der Waals surface area contributed by atoms with E-state index in [1.165, 1.54) is 77.0 Å². The molecule has 136 valence electrons. The van der Waals surface area contributed by atoms with Crippen molar-refractivity contribution in [2.75, 3.05) is 6.61 Å². The van der Waals surface area contributed by atoms with Gasteiger partial charge in [0, 0.05) is 6.42 Å². The molecule has 0 N–H and O–H groups in total. The highest BCUT2D eigenvalue weighted by Crippen LogP contribution is 2.13. The molecule has 0 rings (SSSR count). The lowest BCUT2D eigenvalue weighted by molar-refractivity contribution is -0.111. The minimum absolute atomic E-state index is 0.171. The first-order valence-corrected chi connectivity index (χ1v) is 10.5. The zero-order valence-corrected chi connectivity index (χ0v) is 16.3. The van der Waals surface area contributed by atoms with Crippen LogP contribution in [0, 0.1) is 0 Å². The van der Waals surface area contributed by atoms with Gasteiger partial charge in [-0.15, -0.1) is 0 Å². The van der Waals surface area contributed by atoms with E-state index in [-0.39, 0.29) is 5.12 Å². The second-order valence-electron chi connectivity index (χ2n) is 6.20. The van der Waals surface area contributed by atoms with Crippen molar-refractivity contribution >= 4 is 17.2 Å². The van der Waals surface area contributed by atoms with Crippen molar-refractivity contribution in [3.05, 3.63) is 12.2 Å². The van der Waals surface area contributed by atoms with E-state index in [1.807, 2.05) is 6.92 Å². The fourth-order valence-corrected chi connectivity index (χ4v) is 2.98. The second-order valence-corrected chi connectivity index (χ2v) is 7.05. The van der Waals surface area contributed by atoms with Gasteiger partial charge >= 0.3 is 0 Å². The van der Waals surface area contributed by atoms with Crippen molar-refractivity contribution < 1.29 is 8.98 Å². The quantitative estimate of drug-likeness (QED) is 0.158. The molecule has 0 radical (unpaired) electrons. The summed E-state index contributed by atoms with van der Waals surface area (Å²) in [4.78, 5) is 11.4. The fraction of sp³-hybridized carbons (Fsp3) is 0.850. The zero-order valence-electron chi connectivity index (χ0n) is 15.5. The molecule has 0 aliphatic heterocycles. The van der Waals surface area contributed by atoms with Gasteiger partial charge in [0.2, 0.25) is 5.12 Å². The predicted molar refractivity (Wildman–Crippen MR) is 104 cm³/mol. The first-order valence-electron chi connectivity index (χ1n) is 9.78. The SMILES string of the molecule is CCCCCCCC/C=C\CCCCCCCC(=O)SOCC. The Balaban J connectivity index is 3.14. The zero-order chi connectivity index (χ0) is 17.0. The van der Waals surface area contributed by atoms with Crippen LogP contribution in [-0.4, -0.2) is 11.7 Å². The lowest BCUT2D eigenvalue weighted by Crippen LogP contribution is -1.93. The van der Waals surface area contributed by atoms with Gasteiger partial charge in [-0.2, -0.15) is 0 Å². The third kappa shape index (κ3) is 19.7. The maximum atomic E-state index is 11.4. The van der Waals surface area contributed by atoms with Crippen molar-refractivity contribution in [3.63, 3.8) is 0 Å². The summed E-state index contributed by atoms with van der Waals surface area (Å²) in [7, 11) is 0. The van der Waals surface area contributed by atoms with Crippen LogP contribution in [-0.2, 0) is 8.98 Å². The van der Waals surface area contributed by atoms with Crippen molar-refractivity contribution in [2.24, 2.45) is 0 Å². The molecule has 2 nitrogen and oxygen atoms in total. The number of carbonyl (C=O) groups excluding carboxylic acids is 1. The van der Waals surface area contributed by atoms with Crippen LogP contribution in [0.1, 0.15) is 104 Å². The number of unbranched alkanes of at least 4 members (excludes halogenated alkanes) is 11. The number of hydrogen-bond acceptors (Lipinski definition) is 3. The van der Waals surface area contributed by atoms with Gasteiger partial charge in [-0.25, -0.2) is 0 Å². The lowest BCUT2D eigenvalue weighted by Gasteiger charge is -2.01. The van der Waals surface area contributed by atoms with Crippen LogP contribution >= 0.6 is 12.0 Å². The molecular formula is C20H38O2S. The molecule has 0 unspecified atom stereocenters. The van der Waals surface area contributed by atoms with E-state index in [0.29, 0.717) is 13.0 Å². The summed E-state index contributed by atoms with van der Waals surface area (Å²) < 4.78 is 5.03. The summed E-state index contributed by atoms with van der Waals surface area (Å²) in [6, 6.07) is 0. The molecular weight excluding hydrogens is 304 g/mol. The van der Waals surface area contributed by atoms with E-state index < -0.39 is 0 Å². The molecule has 0 atom stereocenters. The predicted octanol–water partition coefficient (Wildman–Crippen LogP) is 7.24. The fourth-order valence-electron chi connectivity index (χ4n) is 2.51. The third-order valence-electron chi connectivity index (χ3n) is 3.91. The average Bonchev–Trinajstić information content (AvgIpc) is 2.56. The van der Waals surface area contributed by atoms with Crippen LogP contribution < -0.4 is 0 Å². The van der Waals surface area contributed by atoms with E-state index in [4.69, 9.17) is 4.18 Å². The standard InChI is InChI=1S/C20H38O2S/c1-3-5-6-7-8-9-10-11-12-13-14-15-16-17-18-19-20(21)23-22-4-2/h11-12H,3-10,13-19H2,1-2H3/b12-11-. The molecule has 0 aromatic carbocycles. The van der Waals surface area contributed by atoms with Crippen LogP contribution in [0.25, 0.3) is 0 Å². The monoisotopic (exact) mass is 342 g/mol. The number of rotatable bonds is 17. The number of allylic oxidation sites excluding steroid dienone is 2. The van der Waals surface area contributed by atoms with Crippen LogP contribution in [0.2, 0.25) is 0 Å². The molecule has 0 bridgehead atoms. The second kappa shape index (κ2) is 19.8. The normalized spacial score (nSPS) is 11.4. The molecule has 0 saturated carbocycles. The van der Waals surface area contributed by atoms with E-state index >= 15 is 0 Å². The Morgan fingerprint density at radius 2 is 1.30 bits per heavy atom. The van der Waals surface area contributed by atoms with Gasteiger partial charge in [-0.1, -0.05) is 70.4 Å². The smallest absolute Gasteiger partial charge is 0.215 e. The summed E-state index contributed by atoms with van der Waals surface area (Å²) in [6.07, 6.45) is 22.1. The van der Waals surface area contributed by atoms with Gasteiger partial charge in [-0.3, -0.25) is 4.79 Å². The summed E-state index contributed by atoms with van der Waals surface area (Å²) >= 11 is 1.01. The third-order valence-corrected chi connectivity index (χ3v) is 4.66. The largest absolute Gasteiger partial charge is 0.308 e. The molecule has 0 aromatic heterocycles. The molecule has 0 amide bonds. The highest BCUT2D eigenvalue weighted by Gasteiger charge is 2.02. The van der Waals surface area contributed by atoms with Gasteiger partial charge in [0.15, 0.2) is 0 Å². The first-order chi connectivity index (χ1) is 11.3. The van der Waals surface area contributed by atoms with Crippen molar-refractivity contribution in [1.29, 1.82) is 0 Å². The van der Waals surface area contributed by atoms with E-state index in [0.717, 1.165) is 18.5 Å². The molecule has 0 spiro atoms. The Kier molecular flexibility index (Phi) is 19.5. The van der Waals surface area contributed by atoms with Gasteiger partial charge < -0.3 is 4.18 Å². The molecule has 0 aliphatic carbocycles. The average molecular weight is 343 g/mol. The van der Waals surface area contributed by atoms with Crippen LogP contribution in [0.3, 0.4) is 0 Å². The number of hydrogen-bond donors (Lipinski definition) is 0. The topological polar surface area (TPSA) is 26.3 Å². The highest BCUT2D eigenvalue weighted by atomic mass is 32.2. The Hall–Kier alpha value is -0.280. The summed E-state index contributed by atoms with van der Waals surface area (Å²) in [5.41, 5.74) is 0. The Morgan fingerprint density at radius 3 is 1.87 bits per heavy atom. The first kappa shape index (κ1) is 22.7. The van der Waals surface area contributed by atoms with Gasteiger partial charge in [0.25, 0.3) is 0 Å². The molecule has 0 fully saturated rings. The van der Waals surface area contributed by atoms with Gasteiger partial charge in [0.05, 0.1) is 18.6 Å². The molecule has 23 heavy (non-hydrogen) atoms. The van der Waals surface area contributed by atoms with Crippen LogP contribution in [0.15, 0.2) is 12.2 Å².